The summed E-state index contributed by atoms with van der Waals surface area (Å²) in [5.74, 6) is 2.34. The minimum Gasteiger partial charge on any atom is -0.449 e. The highest BCUT2D eigenvalue weighted by Gasteiger charge is 2.37. The minimum atomic E-state index is 0.567. The molecule has 3 fully saturated rings. The van der Waals surface area contributed by atoms with Gasteiger partial charge >= 0.3 is 0 Å². The maximum atomic E-state index is 5.39. The van der Waals surface area contributed by atoms with Crippen LogP contribution in [0.1, 0.15) is 24.7 Å². The summed E-state index contributed by atoms with van der Waals surface area (Å²) in [5, 5.41) is 0. The molecule has 3 aliphatic rings. The number of fused-ring (bicyclic) bond motifs is 3. The fourth-order valence-corrected chi connectivity index (χ4v) is 2.66. The first kappa shape index (κ1) is 7.56. The van der Waals surface area contributed by atoms with E-state index in [1.807, 2.05) is 0 Å². The quantitative estimate of drug-likeness (QED) is 0.652. The molecule has 0 spiro atoms. The Labute approximate surface area is 77.7 Å². The van der Waals surface area contributed by atoms with E-state index in [-0.39, 0.29) is 0 Å². The maximum absolute atomic E-state index is 5.39. The Morgan fingerprint density at radius 1 is 1.38 bits per heavy atom. The highest BCUT2D eigenvalue weighted by atomic mass is 16.3. The fourth-order valence-electron chi connectivity index (χ4n) is 2.66. The Morgan fingerprint density at radius 3 is 2.77 bits per heavy atom. The SMILES string of the molecule is c1coc(C2CN3CCC2CC3)n1. The van der Waals surface area contributed by atoms with Gasteiger partial charge in [-0.05, 0) is 31.8 Å². The second kappa shape index (κ2) is 2.84. The topological polar surface area (TPSA) is 29.3 Å². The van der Waals surface area contributed by atoms with Gasteiger partial charge in [-0.1, -0.05) is 0 Å². The molecule has 0 radical (unpaired) electrons. The number of hydrogen-bond acceptors (Lipinski definition) is 3. The molecule has 1 aromatic heterocycles. The van der Waals surface area contributed by atoms with E-state index in [0.717, 1.165) is 18.4 Å². The zero-order valence-electron chi connectivity index (χ0n) is 7.65. The van der Waals surface area contributed by atoms with Gasteiger partial charge in [0.1, 0.15) is 6.26 Å². The van der Waals surface area contributed by atoms with E-state index < -0.39 is 0 Å². The maximum Gasteiger partial charge on any atom is 0.198 e. The predicted octanol–water partition coefficient (Wildman–Crippen LogP) is 1.48. The predicted molar refractivity (Wildman–Crippen MR) is 48.4 cm³/mol. The number of aromatic nitrogens is 1. The number of nitrogens with zero attached hydrogens (tertiary/aromatic N) is 2. The van der Waals surface area contributed by atoms with Gasteiger partial charge in [-0.15, -0.1) is 0 Å². The van der Waals surface area contributed by atoms with Crippen molar-refractivity contribution in [2.45, 2.75) is 18.8 Å². The van der Waals surface area contributed by atoms with Gasteiger partial charge in [-0.25, -0.2) is 4.98 Å². The van der Waals surface area contributed by atoms with Gasteiger partial charge in [-0.3, -0.25) is 0 Å². The summed E-state index contributed by atoms with van der Waals surface area (Å²) in [5.41, 5.74) is 0. The summed E-state index contributed by atoms with van der Waals surface area (Å²) >= 11 is 0. The third kappa shape index (κ3) is 1.18. The van der Waals surface area contributed by atoms with Crippen LogP contribution in [0.3, 0.4) is 0 Å². The number of hydrogen-bond donors (Lipinski definition) is 0. The first-order valence-corrected chi connectivity index (χ1v) is 5.05. The summed E-state index contributed by atoms with van der Waals surface area (Å²) in [6.45, 7) is 3.72. The largest absolute Gasteiger partial charge is 0.449 e. The molecular formula is C10H14N2O. The van der Waals surface area contributed by atoms with Gasteiger partial charge in [0, 0.05) is 6.54 Å². The van der Waals surface area contributed by atoms with Crippen molar-refractivity contribution in [1.82, 2.24) is 9.88 Å². The molecule has 1 atom stereocenters. The highest BCUT2D eigenvalue weighted by Crippen LogP contribution is 2.37. The summed E-state index contributed by atoms with van der Waals surface area (Å²) in [6.07, 6.45) is 6.10. The molecule has 0 N–H and O–H groups in total. The van der Waals surface area contributed by atoms with Crippen LogP contribution in [-0.4, -0.2) is 29.5 Å². The summed E-state index contributed by atoms with van der Waals surface area (Å²) in [6, 6.07) is 0. The van der Waals surface area contributed by atoms with Crippen molar-refractivity contribution in [3.05, 3.63) is 18.4 Å². The van der Waals surface area contributed by atoms with Gasteiger partial charge in [0.15, 0.2) is 5.89 Å². The molecule has 4 heterocycles. The summed E-state index contributed by atoms with van der Waals surface area (Å²) in [4.78, 5) is 6.79. The van der Waals surface area contributed by atoms with Crippen LogP contribution < -0.4 is 0 Å². The lowest BCUT2D eigenvalue weighted by Crippen LogP contribution is -2.46. The smallest absolute Gasteiger partial charge is 0.198 e. The molecular weight excluding hydrogens is 164 g/mol. The molecule has 0 saturated carbocycles. The monoisotopic (exact) mass is 178 g/mol. The zero-order chi connectivity index (χ0) is 8.67. The average Bonchev–Trinajstić information content (AvgIpc) is 2.72. The lowest BCUT2D eigenvalue weighted by molar-refractivity contribution is 0.0756. The second-order valence-corrected chi connectivity index (χ2v) is 4.11. The van der Waals surface area contributed by atoms with Crippen molar-refractivity contribution in [3.8, 4) is 0 Å². The molecule has 4 rings (SSSR count). The molecule has 2 bridgehead atoms. The molecule has 1 aromatic rings. The Bertz CT molecular complexity index is 275. The van der Waals surface area contributed by atoms with Crippen molar-refractivity contribution in [2.24, 2.45) is 5.92 Å². The van der Waals surface area contributed by atoms with Crippen molar-refractivity contribution in [2.75, 3.05) is 19.6 Å². The van der Waals surface area contributed by atoms with E-state index in [0.29, 0.717) is 5.92 Å². The zero-order valence-corrected chi connectivity index (χ0v) is 7.65. The first-order chi connectivity index (χ1) is 6.43. The van der Waals surface area contributed by atoms with E-state index >= 15 is 0 Å². The van der Waals surface area contributed by atoms with Crippen molar-refractivity contribution in [3.63, 3.8) is 0 Å². The Hall–Kier alpha value is -0.830. The third-order valence-electron chi connectivity index (χ3n) is 3.42. The van der Waals surface area contributed by atoms with Gasteiger partial charge in [0.05, 0.1) is 12.1 Å². The number of rotatable bonds is 1. The van der Waals surface area contributed by atoms with Gasteiger partial charge in [0.2, 0.25) is 0 Å². The Balaban J connectivity index is 1.85. The molecule has 0 amide bonds. The van der Waals surface area contributed by atoms with Crippen LogP contribution in [0.4, 0.5) is 0 Å². The van der Waals surface area contributed by atoms with Gasteiger partial charge in [0.25, 0.3) is 0 Å². The highest BCUT2D eigenvalue weighted by molar-refractivity contribution is 5.02. The average molecular weight is 178 g/mol. The van der Waals surface area contributed by atoms with E-state index in [1.54, 1.807) is 12.5 Å². The molecule has 70 valence electrons. The lowest BCUT2D eigenvalue weighted by Gasteiger charge is -2.43. The van der Waals surface area contributed by atoms with E-state index in [9.17, 15) is 0 Å². The first-order valence-electron chi connectivity index (χ1n) is 5.05. The van der Waals surface area contributed by atoms with E-state index in [2.05, 4.69) is 9.88 Å². The number of oxazole rings is 1. The molecule has 0 aliphatic carbocycles. The van der Waals surface area contributed by atoms with Crippen LogP contribution >= 0.6 is 0 Å². The second-order valence-electron chi connectivity index (χ2n) is 4.11. The van der Waals surface area contributed by atoms with Crippen LogP contribution in [0, 0.1) is 5.92 Å². The molecule has 13 heavy (non-hydrogen) atoms. The summed E-state index contributed by atoms with van der Waals surface area (Å²) in [7, 11) is 0. The van der Waals surface area contributed by atoms with Crippen LogP contribution in [0.5, 0.6) is 0 Å². The van der Waals surface area contributed by atoms with Crippen LogP contribution in [0.25, 0.3) is 0 Å². The normalized spacial score (nSPS) is 38.0. The van der Waals surface area contributed by atoms with E-state index in [4.69, 9.17) is 4.42 Å². The Kier molecular flexibility index (Phi) is 1.65. The minimum absolute atomic E-state index is 0.567. The standard InChI is InChI=1S/C10H14N2O/c1-4-12-5-2-8(1)9(7-12)10-11-3-6-13-10/h3,6,8-9H,1-2,4-5,7H2. The van der Waals surface area contributed by atoms with Gasteiger partial charge in [-0.2, -0.15) is 0 Å². The molecule has 3 nitrogen and oxygen atoms in total. The molecule has 3 aliphatic heterocycles. The van der Waals surface area contributed by atoms with Crippen molar-refractivity contribution < 1.29 is 4.42 Å². The Morgan fingerprint density at radius 2 is 2.23 bits per heavy atom. The molecule has 3 saturated heterocycles. The number of piperidine rings is 3. The molecule has 1 unspecified atom stereocenters. The molecule has 3 heteroatoms. The third-order valence-corrected chi connectivity index (χ3v) is 3.42. The van der Waals surface area contributed by atoms with E-state index in [1.165, 1.54) is 25.9 Å². The molecule has 0 aromatic carbocycles. The van der Waals surface area contributed by atoms with Gasteiger partial charge < -0.3 is 9.32 Å². The lowest BCUT2D eigenvalue weighted by atomic mass is 9.79. The fraction of sp³-hybridized carbons (Fsp3) is 0.700. The van der Waals surface area contributed by atoms with Crippen LogP contribution in [0.15, 0.2) is 16.9 Å². The summed E-state index contributed by atoms with van der Waals surface area (Å²) < 4.78 is 5.39. The van der Waals surface area contributed by atoms with Crippen LogP contribution in [0.2, 0.25) is 0 Å². The van der Waals surface area contributed by atoms with Crippen molar-refractivity contribution in [1.29, 1.82) is 0 Å². The van der Waals surface area contributed by atoms with Crippen molar-refractivity contribution >= 4 is 0 Å². The van der Waals surface area contributed by atoms with Crippen LogP contribution in [-0.2, 0) is 0 Å².